The predicted molar refractivity (Wildman–Crippen MR) is 74.6 cm³/mol. The zero-order chi connectivity index (χ0) is 14.0. The molecule has 20 heavy (non-hydrogen) atoms. The van der Waals surface area contributed by atoms with Gasteiger partial charge >= 0.3 is 0 Å². The normalized spacial score (nSPS) is 22.8. The molecule has 1 aromatic rings. The van der Waals surface area contributed by atoms with Gasteiger partial charge in [-0.15, -0.1) is 5.10 Å². The van der Waals surface area contributed by atoms with Crippen molar-refractivity contribution in [1.82, 2.24) is 24.2 Å². The standard InChI is InChI=1S/C12H21N5O2S/c18-20(19,12-2-3-12)17-6-1-5-15(9-11-17)8-10-16-7-4-13-14-16/h4,7,12H,1-3,5-6,8-11H2. The van der Waals surface area contributed by atoms with E-state index in [1.54, 1.807) is 10.5 Å². The number of nitrogens with zero attached hydrogens (tertiary/aromatic N) is 5. The van der Waals surface area contributed by atoms with Crippen LogP contribution in [-0.2, 0) is 16.6 Å². The molecule has 0 N–H and O–H groups in total. The van der Waals surface area contributed by atoms with Crippen LogP contribution >= 0.6 is 0 Å². The van der Waals surface area contributed by atoms with Crippen LogP contribution in [0.25, 0.3) is 0 Å². The first-order valence-corrected chi connectivity index (χ1v) is 8.72. The Morgan fingerprint density at radius 1 is 1.10 bits per heavy atom. The number of hydrogen-bond acceptors (Lipinski definition) is 5. The lowest BCUT2D eigenvalue weighted by Gasteiger charge is -2.21. The minimum atomic E-state index is -3.01. The molecule has 8 heteroatoms. The first-order chi connectivity index (χ1) is 9.66. The number of aromatic nitrogens is 3. The molecule has 2 aliphatic rings. The van der Waals surface area contributed by atoms with Crippen molar-refractivity contribution in [3.05, 3.63) is 12.4 Å². The van der Waals surface area contributed by atoms with Gasteiger partial charge in [-0.2, -0.15) is 0 Å². The van der Waals surface area contributed by atoms with Gasteiger partial charge in [-0.05, 0) is 25.8 Å². The SMILES string of the molecule is O=S(=O)(C1CC1)N1CCCN(CCn2ccnn2)CC1. The molecule has 0 unspecified atom stereocenters. The maximum Gasteiger partial charge on any atom is 0.217 e. The Balaban J connectivity index is 1.51. The van der Waals surface area contributed by atoms with Crippen LogP contribution in [0.3, 0.4) is 0 Å². The van der Waals surface area contributed by atoms with Gasteiger partial charge in [0.05, 0.1) is 18.0 Å². The lowest BCUT2D eigenvalue weighted by Crippen LogP contribution is -2.37. The molecular weight excluding hydrogens is 278 g/mol. The van der Waals surface area contributed by atoms with E-state index < -0.39 is 10.0 Å². The molecule has 3 rings (SSSR count). The molecule has 1 saturated carbocycles. The topological polar surface area (TPSA) is 71.3 Å². The van der Waals surface area contributed by atoms with Crippen LogP contribution in [0.5, 0.6) is 0 Å². The van der Waals surface area contributed by atoms with Crippen molar-refractivity contribution in [3.63, 3.8) is 0 Å². The minimum Gasteiger partial charge on any atom is -0.300 e. The van der Waals surface area contributed by atoms with E-state index in [0.717, 1.165) is 45.4 Å². The summed E-state index contributed by atoms with van der Waals surface area (Å²) in [7, 11) is -3.01. The van der Waals surface area contributed by atoms with Crippen molar-refractivity contribution in [2.45, 2.75) is 31.1 Å². The molecule has 0 amide bonds. The van der Waals surface area contributed by atoms with Crippen molar-refractivity contribution in [1.29, 1.82) is 0 Å². The van der Waals surface area contributed by atoms with Crippen molar-refractivity contribution in [3.8, 4) is 0 Å². The van der Waals surface area contributed by atoms with Crippen LogP contribution in [0.2, 0.25) is 0 Å². The van der Waals surface area contributed by atoms with Crippen LogP contribution in [-0.4, -0.2) is 70.6 Å². The Hall–Kier alpha value is -0.990. The van der Waals surface area contributed by atoms with Crippen molar-refractivity contribution < 1.29 is 8.42 Å². The van der Waals surface area contributed by atoms with Gasteiger partial charge in [-0.1, -0.05) is 5.21 Å². The van der Waals surface area contributed by atoms with Gasteiger partial charge in [0, 0.05) is 32.4 Å². The van der Waals surface area contributed by atoms with Crippen molar-refractivity contribution in [2.24, 2.45) is 0 Å². The molecule has 1 aliphatic carbocycles. The monoisotopic (exact) mass is 299 g/mol. The predicted octanol–water partition coefficient (Wildman–Crippen LogP) is -0.222. The summed E-state index contributed by atoms with van der Waals surface area (Å²) in [4.78, 5) is 2.31. The highest BCUT2D eigenvalue weighted by molar-refractivity contribution is 7.90. The molecule has 0 aromatic carbocycles. The molecule has 1 aromatic heterocycles. The largest absolute Gasteiger partial charge is 0.300 e. The van der Waals surface area contributed by atoms with E-state index in [2.05, 4.69) is 15.2 Å². The van der Waals surface area contributed by atoms with E-state index in [9.17, 15) is 8.42 Å². The van der Waals surface area contributed by atoms with E-state index in [1.165, 1.54) is 0 Å². The summed E-state index contributed by atoms with van der Waals surface area (Å²) in [5.74, 6) is 0. The quantitative estimate of drug-likeness (QED) is 0.751. The Morgan fingerprint density at radius 2 is 1.95 bits per heavy atom. The smallest absolute Gasteiger partial charge is 0.217 e. The second kappa shape index (κ2) is 5.79. The summed E-state index contributed by atoms with van der Waals surface area (Å²) >= 11 is 0. The summed E-state index contributed by atoms with van der Waals surface area (Å²) in [6.45, 7) is 4.73. The van der Waals surface area contributed by atoms with Crippen molar-refractivity contribution in [2.75, 3.05) is 32.7 Å². The second-order valence-corrected chi connectivity index (χ2v) is 7.72. The number of hydrogen-bond donors (Lipinski definition) is 0. The maximum absolute atomic E-state index is 12.2. The van der Waals surface area contributed by atoms with Crippen LogP contribution in [0.4, 0.5) is 0 Å². The van der Waals surface area contributed by atoms with Gasteiger partial charge in [-0.25, -0.2) is 12.7 Å². The molecule has 0 radical (unpaired) electrons. The number of rotatable bonds is 5. The zero-order valence-electron chi connectivity index (χ0n) is 11.6. The fraction of sp³-hybridized carbons (Fsp3) is 0.833. The summed E-state index contributed by atoms with van der Waals surface area (Å²) in [6, 6.07) is 0. The average Bonchev–Trinajstić information content (AvgIpc) is 3.21. The molecule has 0 spiro atoms. The van der Waals surface area contributed by atoms with Crippen molar-refractivity contribution >= 4 is 10.0 Å². The Kier molecular flexibility index (Phi) is 4.04. The third-order valence-electron chi connectivity index (χ3n) is 3.97. The Labute approximate surface area is 119 Å². The number of sulfonamides is 1. The molecule has 1 aliphatic heterocycles. The van der Waals surface area contributed by atoms with E-state index >= 15 is 0 Å². The molecular formula is C12H21N5O2S. The molecule has 1 saturated heterocycles. The van der Waals surface area contributed by atoms with Crippen LogP contribution in [0.15, 0.2) is 12.4 Å². The highest BCUT2D eigenvalue weighted by atomic mass is 32.2. The van der Waals surface area contributed by atoms with E-state index in [0.29, 0.717) is 13.1 Å². The maximum atomic E-state index is 12.2. The van der Waals surface area contributed by atoms with Gasteiger partial charge in [0.25, 0.3) is 0 Å². The molecule has 112 valence electrons. The molecule has 7 nitrogen and oxygen atoms in total. The molecule has 0 atom stereocenters. The highest BCUT2D eigenvalue weighted by Gasteiger charge is 2.40. The first kappa shape index (κ1) is 14.0. The average molecular weight is 299 g/mol. The third kappa shape index (κ3) is 3.18. The Bertz CT molecular complexity index is 526. The van der Waals surface area contributed by atoms with E-state index in [-0.39, 0.29) is 5.25 Å². The van der Waals surface area contributed by atoms with E-state index in [1.807, 2.05) is 10.9 Å². The third-order valence-corrected chi connectivity index (χ3v) is 6.37. The van der Waals surface area contributed by atoms with Gasteiger partial charge in [0.1, 0.15) is 0 Å². The van der Waals surface area contributed by atoms with Gasteiger partial charge in [-0.3, -0.25) is 4.68 Å². The second-order valence-electron chi connectivity index (χ2n) is 5.50. The highest BCUT2D eigenvalue weighted by Crippen LogP contribution is 2.31. The van der Waals surface area contributed by atoms with Crippen LogP contribution < -0.4 is 0 Å². The summed E-state index contributed by atoms with van der Waals surface area (Å²) < 4.78 is 28.0. The molecule has 2 fully saturated rings. The summed E-state index contributed by atoms with van der Waals surface area (Å²) in [5, 5.41) is 7.63. The molecule has 2 heterocycles. The Morgan fingerprint density at radius 3 is 2.65 bits per heavy atom. The fourth-order valence-electron chi connectivity index (χ4n) is 2.60. The van der Waals surface area contributed by atoms with Gasteiger partial charge in [0.15, 0.2) is 0 Å². The summed E-state index contributed by atoms with van der Waals surface area (Å²) in [6.07, 6.45) is 6.11. The first-order valence-electron chi connectivity index (χ1n) is 7.22. The van der Waals surface area contributed by atoms with Gasteiger partial charge in [0.2, 0.25) is 10.0 Å². The van der Waals surface area contributed by atoms with Gasteiger partial charge < -0.3 is 4.90 Å². The molecule has 0 bridgehead atoms. The lowest BCUT2D eigenvalue weighted by molar-refractivity contribution is 0.269. The zero-order valence-corrected chi connectivity index (χ0v) is 12.4. The minimum absolute atomic E-state index is 0.0933. The van der Waals surface area contributed by atoms with E-state index in [4.69, 9.17) is 0 Å². The fourth-order valence-corrected chi connectivity index (χ4v) is 4.47. The summed E-state index contributed by atoms with van der Waals surface area (Å²) in [5.41, 5.74) is 0. The lowest BCUT2D eigenvalue weighted by atomic mass is 10.4. The van der Waals surface area contributed by atoms with Crippen LogP contribution in [0.1, 0.15) is 19.3 Å². The van der Waals surface area contributed by atoms with Crippen LogP contribution in [0, 0.1) is 0 Å².